The van der Waals surface area contributed by atoms with Gasteiger partial charge in [0.2, 0.25) is 0 Å². The molecule has 0 aliphatic heterocycles. The van der Waals surface area contributed by atoms with Crippen LogP contribution in [0.1, 0.15) is 20.7 Å². The Labute approximate surface area is 197 Å². The quantitative estimate of drug-likeness (QED) is 0.466. The molecule has 3 aromatic carbocycles. The van der Waals surface area contributed by atoms with E-state index in [-0.39, 0.29) is 27.9 Å². The molecule has 3 aromatic rings. The Bertz CT molecular complexity index is 1290. The summed E-state index contributed by atoms with van der Waals surface area (Å²) in [6, 6.07) is 18.9. The molecule has 0 heterocycles. The van der Waals surface area contributed by atoms with E-state index in [4.69, 9.17) is 11.6 Å². The molecule has 7 nitrogen and oxygen atoms in total. The van der Waals surface area contributed by atoms with Crippen molar-refractivity contribution in [1.29, 1.82) is 0 Å². The summed E-state index contributed by atoms with van der Waals surface area (Å²) >= 11 is 6.24. The predicted molar refractivity (Wildman–Crippen MR) is 130 cm³/mol. The minimum Gasteiger partial charge on any atom is -0.355 e. The normalized spacial score (nSPS) is 10.8. The zero-order chi connectivity index (χ0) is 24.0. The zero-order valence-electron chi connectivity index (χ0n) is 17.8. The third-order valence-corrected chi connectivity index (χ3v) is 6.99. The summed E-state index contributed by atoms with van der Waals surface area (Å²) in [6.45, 7) is 3.66. The minimum absolute atomic E-state index is 0.0156. The Morgan fingerprint density at radius 2 is 1.67 bits per heavy atom. The lowest BCUT2D eigenvalue weighted by atomic mass is 10.1. The van der Waals surface area contributed by atoms with Crippen LogP contribution in [0.15, 0.2) is 90.3 Å². The van der Waals surface area contributed by atoms with Crippen molar-refractivity contribution >= 4 is 44.8 Å². The van der Waals surface area contributed by atoms with Gasteiger partial charge >= 0.3 is 0 Å². The molecule has 0 bridgehead atoms. The van der Waals surface area contributed by atoms with Crippen LogP contribution in [0, 0.1) is 0 Å². The van der Waals surface area contributed by atoms with E-state index in [1.807, 2.05) is 0 Å². The van der Waals surface area contributed by atoms with Gasteiger partial charge in [0.15, 0.2) is 0 Å². The standard InChI is InChI=1S/C24H22ClN3O4S/c1-3-14-28(20-10-5-4-6-11-20)33(31,32)22-16-18(12-13-21(22)25)24(30)27-19-9-7-8-17(15-19)23(29)26-2/h3-13,15-16H,1,14H2,2H3,(H,26,29)(H,27,30). The number of carbonyl (C=O) groups is 2. The van der Waals surface area contributed by atoms with E-state index in [1.54, 1.807) is 48.5 Å². The van der Waals surface area contributed by atoms with E-state index < -0.39 is 15.9 Å². The van der Waals surface area contributed by atoms with Gasteiger partial charge in [0.05, 0.1) is 17.3 Å². The van der Waals surface area contributed by atoms with E-state index in [0.29, 0.717) is 16.9 Å². The predicted octanol–water partition coefficient (Wildman–Crippen LogP) is 4.33. The van der Waals surface area contributed by atoms with Gasteiger partial charge in [-0.1, -0.05) is 41.9 Å². The average molecular weight is 484 g/mol. The van der Waals surface area contributed by atoms with Crippen molar-refractivity contribution < 1.29 is 18.0 Å². The first-order valence-electron chi connectivity index (χ1n) is 9.89. The molecule has 0 atom stereocenters. The molecular formula is C24H22ClN3O4S. The molecule has 2 N–H and O–H groups in total. The zero-order valence-corrected chi connectivity index (χ0v) is 19.4. The summed E-state index contributed by atoms with van der Waals surface area (Å²) < 4.78 is 28.1. The monoisotopic (exact) mass is 483 g/mol. The van der Waals surface area contributed by atoms with Crippen molar-refractivity contribution in [3.05, 3.63) is 102 Å². The first kappa shape index (κ1) is 24.0. The fourth-order valence-electron chi connectivity index (χ4n) is 3.10. The molecule has 0 aliphatic rings. The van der Waals surface area contributed by atoms with Crippen molar-refractivity contribution in [3.63, 3.8) is 0 Å². The molecule has 0 unspecified atom stereocenters. The Morgan fingerprint density at radius 1 is 0.970 bits per heavy atom. The highest BCUT2D eigenvalue weighted by molar-refractivity contribution is 7.93. The summed E-state index contributed by atoms with van der Waals surface area (Å²) in [5.41, 5.74) is 1.29. The van der Waals surface area contributed by atoms with Crippen LogP contribution >= 0.6 is 11.6 Å². The Morgan fingerprint density at radius 3 is 2.33 bits per heavy atom. The van der Waals surface area contributed by atoms with Crippen molar-refractivity contribution in [2.24, 2.45) is 0 Å². The molecule has 0 saturated heterocycles. The van der Waals surface area contributed by atoms with Crippen molar-refractivity contribution in [2.45, 2.75) is 4.90 Å². The number of anilines is 2. The lowest BCUT2D eigenvalue weighted by Gasteiger charge is -2.24. The van der Waals surface area contributed by atoms with Gasteiger partial charge in [-0.15, -0.1) is 6.58 Å². The topological polar surface area (TPSA) is 95.6 Å². The Balaban J connectivity index is 1.95. The number of benzene rings is 3. The molecule has 2 amide bonds. The molecule has 0 fully saturated rings. The van der Waals surface area contributed by atoms with Crippen LogP contribution in [0.2, 0.25) is 5.02 Å². The van der Waals surface area contributed by atoms with E-state index in [9.17, 15) is 18.0 Å². The molecular weight excluding hydrogens is 462 g/mol. The van der Waals surface area contributed by atoms with Gasteiger partial charge in [-0.05, 0) is 48.5 Å². The van der Waals surface area contributed by atoms with Gasteiger partial charge in [-0.3, -0.25) is 13.9 Å². The Kier molecular flexibility index (Phi) is 7.52. The van der Waals surface area contributed by atoms with Crippen LogP contribution in [-0.4, -0.2) is 33.8 Å². The SMILES string of the molecule is C=CCN(c1ccccc1)S(=O)(=O)c1cc(C(=O)Nc2cccc(C(=O)NC)c2)ccc1Cl. The van der Waals surface area contributed by atoms with Crippen molar-refractivity contribution in [2.75, 3.05) is 23.2 Å². The number of rotatable bonds is 8. The van der Waals surface area contributed by atoms with Gasteiger partial charge in [0, 0.05) is 23.9 Å². The van der Waals surface area contributed by atoms with Crippen molar-refractivity contribution in [3.8, 4) is 0 Å². The second kappa shape index (κ2) is 10.3. The van der Waals surface area contributed by atoms with Gasteiger partial charge in [-0.25, -0.2) is 8.42 Å². The third-order valence-electron chi connectivity index (χ3n) is 4.71. The van der Waals surface area contributed by atoms with Gasteiger partial charge < -0.3 is 10.6 Å². The maximum absolute atomic E-state index is 13.4. The summed E-state index contributed by atoms with van der Waals surface area (Å²) in [5, 5.41) is 5.17. The van der Waals surface area contributed by atoms with Gasteiger partial charge in [0.1, 0.15) is 4.90 Å². The maximum atomic E-state index is 13.4. The summed E-state index contributed by atoms with van der Waals surface area (Å²) in [4.78, 5) is 24.5. The highest BCUT2D eigenvalue weighted by atomic mass is 35.5. The van der Waals surface area contributed by atoms with Crippen LogP contribution in [0.5, 0.6) is 0 Å². The number of carbonyl (C=O) groups excluding carboxylic acids is 2. The van der Waals surface area contributed by atoms with Gasteiger partial charge in [0.25, 0.3) is 21.8 Å². The molecule has 0 saturated carbocycles. The maximum Gasteiger partial charge on any atom is 0.266 e. The van der Waals surface area contributed by atoms with Crippen molar-refractivity contribution in [1.82, 2.24) is 5.32 Å². The van der Waals surface area contributed by atoms with Gasteiger partial charge in [-0.2, -0.15) is 0 Å². The summed E-state index contributed by atoms with van der Waals surface area (Å²) in [5.74, 6) is -0.846. The minimum atomic E-state index is -4.10. The molecule has 3 rings (SSSR count). The number of para-hydroxylation sites is 1. The number of halogens is 1. The lowest BCUT2D eigenvalue weighted by Crippen LogP contribution is -2.31. The van der Waals surface area contributed by atoms with E-state index >= 15 is 0 Å². The van der Waals surface area contributed by atoms with Crippen LogP contribution in [-0.2, 0) is 10.0 Å². The Hall–Kier alpha value is -3.62. The van der Waals surface area contributed by atoms with Crippen LogP contribution in [0.4, 0.5) is 11.4 Å². The fraction of sp³-hybridized carbons (Fsp3) is 0.0833. The molecule has 33 heavy (non-hydrogen) atoms. The highest BCUT2D eigenvalue weighted by Gasteiger charge is 2.27. The molecule has 170 valence electrons. The van der Waals surface area contributed by atoms with Crippen LogP contribution in [0.3, 0.4) is 0 Å². The summed E-state index contributed by atoms with van der Waals surface area (Å²) in [7, 11) is -2.59. The molecule has 0 radical (unpaired) electrons. The largest absolute Gasteiger partial charge is 0.355 e. The molecule has 9 heteroatoms. The van der Waals surface area contributed by atoms with Crippen LogP contribution < -0.4 is 14.9 Å². The number of sulfonamides is 1. The van der Waals surface area contributed by atoms with E-state index in [0.717, 1.165) is 4.31 Å². The first-order chi connectivity index (χ1) is 15.8. The average Bonchev–Trinajstić information content (AvgIpc) is 2.82. The first-order valence-corrected chi connectivity index (χ1v) is 11.7. The fourth-order valence-corrected chi connectivity index (χ4v) is 5.04. The number of hydrogen-bond donors (Lipinski definition) is 2. The number of nitrogens with one attached hydrogen (secondary N) is 2. The molecule has 0 spiro atoms. The molecule has 0 aliphatic carbocycles. The van der Waals surface area contributed by atoms with E-state index in [1.165, 1.54) is 37.4 Å². The van der Waals surface area contributed by atoms with Crippen LogP contribution in [0.25, 0.3) is 0 Å². The third kappa shape index (κ3) is 5.42. The number of nitrogens with zero attached hydrogens (tertiary/aromatic N) is 1. The number of hydrogen-bond acceptors (Lipinski definition) is 4. The lowest BCUT2D eigenvalue weighted by molar-refractivity contribution is 0.0961. The summed E-state index contributed by atoms with van der Waals surface area (Å²) in [6.07, 6.45) is 1.47. The highest BCUT2D eigenvalue weighted by Crippen LogP contribution is 2.29. The number of amides is 2. The van der Waals surface area contributed by atoms with E-state index in [2.05, 4.69) is 17.2 Å². The second-order valence-corrected chi connectivity index (χ2v) is 9.16. The smallest absolute Gasteiger partial charge is 0.266 e. The second-order valence-electron chi connectivity index (χ2n) is 6.92. The molecule has 0 aromatic heterocycles.